The molecule has 7 heteroatoms. The molecule has 1 N–H and O–H groups in total. The fourth-order valence-corrected chi connectivity index (χ4v) is 3.26. The highest BCUT2D eigenvalue weighted by Crippen LogP contribution is 2.23. The maximum atomic E-state index is 12.5. The maximum absolute atomic E-state index is 12.5. The number of anilines is 1. The van der Waals surface area contributed by atoms with E-state index >= 15 is 0 Å². The van der Waals surface area contributed by atoms with Gasteiger partial charge in [0.25, 0.3) is 10.0 Å². The number of aromatic nitrogens is 1. The molecule has 3 rings (SSSR count). The average Bonchev–Trinajstić information content (AvgIpc) is 2.88. The summed E-state index contributed by atoms with van der Waals surface area (Å²) in [7, 11) is -3.70. The molecule has 0 saturated heterocycles. The Labute approximate surface area is 134 Å². The summed E-state index contributed by atoms with van der Waals surface area (Å²) < 4.78 is 38.2. The molecule has 120 valence electrons. The van der Waals surface area contributed by atoms with Gasteiger partial charge in [-0.15, -0.1) is 0 Å². The van der Waals surface area contributed by atoms with Crippen LogP contribution in [0.2, 0.25) is 0 Å². The van der Waals surface area contributed by atoms with Crippen LogP contribution in [0, 0.1) is 6.92 Å². The molecule has 0 bridgehead atoms. The van der Waals surface area contributed by atoms with Gasteiger partial charge in [0.2, 0.25) is 0 Å². The van der Waals surface area contributed by atoms with Crippen molar-refractivity contribution in [1.29, 1.82) is 0 Å². The molecule has 0 aliphatic heterocycles. The number of aryl methyl sites for hydroxylation is 1. The second-order valence-corrected chi connectivity index (χ2v) is 6.61. The van der Waals surface area contributed by atoms with E-state index in [0.29, 0.717) is 35.0 Å². The largest absolute Gasteiger partial charge is 0.494 e. The van der Waals surface area contributed by atoms with Crippen molar-refractivity contribution in [3.05, 3.63) is 48.4 Å². The predicted molar refractivity (Wildman–Crippen MR) is 87.2 cm³/mol. The molecule has 0 saturated carbocycles. The normalized spacial score (nSPS) is 11.6. The zero-order chi connectivity index (χ0) is 16.4. The molecule has 1 heterocycles. The molecule has 6 nitrogen and oxygen atoms in total. The minimum absolute atomic E-state index is 0.120. The van der Waals surface area contributed by atoms with Crippen LogP contribution in [-0.4, -0.2) is 20.0 Å². The number of oxazole rings is 1. The molecule has 0 amide bonds. The van der Waals surface area contributed by atoms with Gasteiger partial charge in [0.05, 0.1) is 11.5 Å². The van der Waals surface area contributed by atoms with Gasteiger partial charge in [0, 0.05) is 18.7 Å². The molecule has 3 aromatic rings. The molecule has 1 aromatic heterocycles. The van der Waals surface area contributed by atoms with E-state index in [4.69, 9.17) is 9.15 Å². The van der Waals surface area contributed by atoms with E-state index in [1.54, 1.807) is 37.3 Å². The molecular formula is C16H16N2O4S. The first-order chi connectivity index (χ1) is 11.0. The summed E-state index contributed by atoms with van der Waals surface area (Å²) in [6.45, 7) is 4.16. The number of ether oxygens (including phenoxy) is 1. The maximum Gasteiger partial charge on any atom is 0.262 e. The average molecular weight is 332 g/mol. The van der Waals surface area contributed by atoms with E-state index in [-0.39, 0.29) is 4.90 Å². The molecule has 0 atom stereocenters. The fourth-order valence-electron chi connectivity index (χ4n) is 2.19. The number of hydrogen-bond donors (Lipinski definition) is 1. The molecule has 0 radical (unpaired) electrons. The van der Waals surface area contributed by atoms with Crippen molar-refractivity contribution >= 4 is 26.8 Å². The molecule has 0 unspecified atom stereocenters. The molecule has 0 fully saturated rings. The highest BCUT2D eigenvalue weighted by molar-refractivity contribution is 7.92. The van der Waals surface area contributed by atoms with Gasteiger partial charge in [0.15, 0.2) is 11.5 Å². The number of sulfonamides is 1. The van der Waals surface area contributed by atoms with E-state index in [2.05, 4.69) is 9.71 Å². The summed E-state index contributed by atoms with van der Waals surface area (Å²) in [5.41, 5.74) is 1.53. The van der Waals surface area contributed by atoms with Gasteiger partial charge in [-0.1, -0.05) is 0 Å². The predicted octanol–water partition coefficient (Wildman–Crippen LogP) is 3.34. The summed E-state index contributed by atoms with van der Waals surface area (Å²) in [6, 6.07) is 11.3. The smallest absolute Gasteiger partial charge is 0.262 e. The van der Waals surface area contributed by atoms with Gasteiger partial charge in [-0.25, -0.2) is 13.4 Å². The third kappa shape index (κ3) is 3.29. The Morgan fingerprint density at radius 3 is 2.61 bits per heavy atom. The van der Waals surface area contributed by atoms with Crippen molar-refractivity contribution < 1.29 is 17.6 Å². The fraction of sp³-hybridized carbons (Fsp3) is 0.188. The summed E-state index contributed by atoms with van der Waals surface area (Å²) in [4.78, 5) is 4.27. The van der Waals surface area contributed by atoms with Gasteiger partial charge in [-0.3, -0.25) is 4.72 Å². The first-order valence-electron chi connectivity index (χ1n) is 7.11. The number of nitrogens with zero attached hydrogens (tertiary/aromatic N) is 1. The lowest BCUT2D eigenvalue weighted by molar-refractivity contribution is 0.340. The highest BCUT2D eigenvalue weighted by atomic mass is 32.2. The van der Waals surface area contributed by atoms with Crippen LogP contribution in [0.3, 0.4) is 0 Å². The van der Waals surface area contributed by atoms with Gasteiger partial charge < -0.3 is 9.15 Å². The van der Waals surface area contributed by atoms with E-state index < -0.39 is 10.0 Å². The minimum atomic E-state index is -3.70. The quantitative estimate of drug-likeness (QED) is 0.775. The van der Waals surface area contributed by atoms with E-state index in [1.165, 1.54) is 12.1 Å². The summed E-state index contributed by atoms with van der Waals surface area (Å²) in [6.07, 6.45) is 0. The number of benzene rings is 2. The standard InChI is InChI=1S/C16H16N2O4S/c1-3-21-13-6-4-12(5-7-13)18-23(19,20)14-8-9-15-16(10-14)22-11(2)17-15/h4-10,18H,3H2,1-2H3. The van der Waals surface area contributed by atoms with Crippen LogP contribution in [0.4, 0.5) is 5.69 Å². The van der Waals surface area contributed by atoms with E-state index in [1.807, 2.05) is 6.92 Å². The van der Waals surface area contributed by atoms with Crippen LogP contribution in [0.25, 0.3) is 11.1 Å². The second-order valence-electron chi connectivity index (χ2n) is 4.93. The summed E-state index contributed by atoms with van der Waals surface area (Å²) in [5, 5.41) is 0. The SMILES string of the molecule is CCOc1ccc(NS(=O)(=O)c2ccc3nc(C)oc3c2)cc1. The number of nitrogens with one attached hydrogen (secondary N) is 1. The lowest BCUT2D eigenvalue weighted by Crippen LogP contribution is -2.12. The highest BCUT2D eigenvalue weighted by Gasteiger charge is 2.16. The van der Waals surface area contributed by atoms with Crippen molar-refractivity contribution in [3.8, 4) is 5.75 Å². The number of fused-ring (bicyclic) bond motifs is 1. The third-order valence-corrected chi connectivity index (χ3v) is 4.57. The van der Waals surface area contributed by atoms with E-state index in [0.717, 1.165) is 0 Å². The molecule has 23 heavy (non-hydrogen) atoms. The third-order valence-electron chi connectivity index (χ3n) is 3.19. The van der Waals surface area contributed by atoms with Crippen molar-refractivity contribution in [2.24, 2.45) is 0 Å². The molecule has 0 aliphatic rings. The Bertz CT molecular complexity index is 930. The minimum Gasteiger partial charge on any atom is -0.494 e. The molecule has 2 aromatic carbocycles. The summed E-state index contributed by atoms with van der Waals surface area (Å²) >= 11 is 0. The Balaban J connectivity index is 1.87. The topological polar surface area (TPSA) is 81.4 Å². The van der Waals surface area contributed by atoms with Crippen LogP contribution in [0.15, 0.2) is 51.8 Å². The van der Waals surface area contributed by atoms with Crippen LogP contribution < -0.4 is 9.46 Å². The molecule has 0 aliphatic carbocycles. The lowest BCUT2D eigenvalue weighted by atomic mass is 10.3. The Morgan fingerprint density at radius 2 is 1.91 bits per heavy atom. The first-order valence-corrected chi connectivity index (χ1v) is 8.59. The van der Waals surface area contributed by atoms with Crippen LogP contribution >= 0.6 is 0 Å². The van der Waals surface area contributed by atoms with Crippen molar-refractivity contribution in [3.63, 3.8) is 0 Å². The Kier molecular flexibility index (Phi) is 3.96. The lowest BCUT2D eigenvalue weighted by Gasteiger charge is -2.09. The Morgan fingerprint density at radius 1 is 1.17 bits per heavy atom. The van der Waals surface area contributed by atoms with Gasteiger partial charge >= 0.3 is 0 Å². The van der Waals surface area contributed by atoms with Crippen molar-refractivity contribution in [2.75, 3.05) is 11.3 Å². The van der Waals surface area contributed by atoms with Crippen LogP contribution in [0.1, 0.15) is 12.8 Å². The van der Waals surface area contributed by atoms with Crippen molar-refractivity contribution in [1.82, 2.24) is 4.98 Å². The zero-order valence-corrected chi connectivity index (χ0v) is 13.6. The number of rotatable bonds is 5. The molecular weight excluding hydrogens is 316 g/mol. The van der Waals surface area contributed by atoms with Crippen molar-refractivity contribution in [2.45, 2.75) is 18.7 Å². The number of hydrogen-bond acceptors (Lipinski definition) is 5. The molecule has 0 spiro atoms. The van der Waals surface area contributed by atoms with Gasteiger partial charge in [-0.05, 0) is 43.3 Å². The zero-order valence-electron chi connectivity index (χ0n) is 12.7. The van der Waals surface area contributed by atoms with Crippen LogP contribution in [-0.2, 0) is 10.0 Å². The van der Waals surface area contributed by atoms with Crippen LogP contribution in [0.5, 0.6) is 5.75 Å². The second kappa shape index (κ2) is 5.92. The van der Waals surface area contributed by atoms with Gasteiger partial charge in [-0.2, -0.15) is 0 Å². The Hall–Kier alpha value is -2.54. The van der Waals surface area contributed by atoms with E-state index in [9.17, 15) is 8.42 Å². The van der Waals surface area contributed by atoms with Gasteiger partial charge in [0.1, 0.15) is 11.3 Å². The summed E-state index contributed by atoms with van der Waals surface area (Å²) in [5.74, 6) is 1.18. The monoisotopic (exact) mass is 332 g/mol. The first kappa shape index (κ1) is 15.4.